The van der Waals surface area contributed by atoms with Crippen molar-refractivity contribution < 1.29 is 19.1 Å². The molecule has 1 saturated heterocycles. The second kappa shape index (κ2) is 9.71. The lowest BCUT2D eigenvalue weighted by atomic mass is 10.2. The van der Waals surface area contributed by atoms with Gasteiger partial charge in [-0.3, -0.25) is 14.4 Å². The summed E-state index contributed by atoms with van der Waals surface area (Å²) in [6.45, 7) is 6.68. The minimum Gasteiger partial charge on any atom is -0.452 e. The molecular weight excluding hydrogens is 394 g/mol. The third-order valence-corrected chi connectivity index (χ3v) is 5.59. The summed E-state index contributed by atoms with van der Waals surface area (Å²) in [5.41, 5.74) is 2.51. The highest BCUT2D eigenvalue weighted by molar-refractivity contribution is 7.07. The van der Waals surface area contributed by atoms with E-state index in [0.29, 0.717) is 18.9 Å². The van der Waals surface area contributed by atoms with Crippen LogP contribution in [0.3, 0.4) is 0 Å². The molecule has 0 radical (unpaired) electrons. The number of morpholine rings is 1. The van der Waals surface area contributed by atoms with Crippen molar-refractivity contribution in [2.75, 3.05) is 36.5 Å². The van der Waals surface area contributed by atoms with Gasteiger partial charge in [-0.05, 0) is 38.1 Å². The molecule has 0 spiro atoms. The number of carbonyl (C=O) groups excluding carboxylic acids is 2. The lowest BCUT2D eigenvalue weighted by Crippen LogP contribution is -2.36. The van der Waals surface area contributed by atoms with E-state index >= 15 is 0 Å². The van der Waals surface area contributed by atoms with E-state index in [0.717, 1.165) is 35.8 Å². The molecule has 0 unspecified atom stereocenters. The SMILES string of the molecule is Cc1csc(=O)n1CCC(=O)O[C@@H](C)C(=O)Nc1ccc(N2CCOCC2)cc1. The maximum atomic E-state index is 12.3. The standard InChI is InChI=1S/C20H25N3O5S/c1-14-13-29-20(26)23(14)8-7-18(24)28-15(2)19(25)21-16-3-5-17(6-4-16)22-9-11-27-12-10-22/h3-6,13,15H,7-12H2,1-2H3,(H,21,25)/t15-/m0/s1. The zero-order valence-corrected chi connectivity index (χ0v) is 17.4. The first-order chi connectivity index (χ1) is 13.9. The Hall–Kier alpha value is -2.65. The zero-order chi connectivity index (χ0) is 20.8. The molecule has 8 nitrogen and oxygen atoms in total. The van der Waals surface area contributed by atoms with Crippen LogP contribution < -0.4 is 15.1 Å². The van der Waals surface area contributed by atoms with Crippen LogP contribution in [-0.2, 0) is 25.6 Å². The summed E-state index contributed by atoms with van der Waals surface area (Å²) < 4.78 is 12.1. The summed E-state index contributed by atoms with van der Waals surface area (Å²) in [5.74, 6) is -0.922. The second-order valence-corrected chi connectivity index (χ2v) is 7.63. The van der Waals surface area contributed by atoms with E-state index < -0.39 is 18.0 Å². The third kappa shape index (κ3) is 5.68. The van der Waals surface area contributed by atoms with Gasteiger partial charge >= 0.3 is 10.8 Å². The highest BCUT2D eigenvalue weighted by Crippen LogP contribution is 2.19. The van der Waals surface area contributed by atoms with E-state index in [1.54, 1.807) is 5.38 Å². The van der Waals surface area contributed by atoms with Crippen molar-refractivity contribution >= 4 is 34.6 Å². The van der Waals surface area contributed by atoms with Crippen molar-refractivity contribution in [3.63, 3.8) is 0 Å². The number of hydrogen-bond donors (Lipinski definition) is 1. The second-order valence-electron chi connectivity index (χ2n) is 6.81. The van der Waals surface area contributed by atoms with Crippen LogP contribution in [0, 0.1) is 6.92 Å². The minimum atomic E-state index is -0.929. The van der Waals surface area contributed by atoms with Gasteiger partial charge in [-0.1, -0.05) is 11.3 Å². The van der Waals surface area contributed by atoms with Gasteiger partial charge in [-0.25, -0.2) is 0 Å². The fourth-order valence-corrected chi connectivity index (χ4v) is 3.77. The summed E-state index contributed by atoms with van der Waals surface area (Å²) in [6, 6.07) is 7.53. The first-order valence-corrected chi connectivity index (χ1v) is 10.4. The molecular formula is C20H25N3O5S. The van der Waals surface area contributed by atoms with E-state index in [9.17, 15) is 14.4 Å². The molecule has 9 heteroatoms. The average Bonchev–Trinajstić information content (AvgIpc) is 3.05. The fourth-order valence-electron chi connectivity index (χ4n) is 3.01. The molecule has 156 valence electrons. The van der Waals surface area contributed by atoms with Gasteiger partial charge in [0.15, 0.2) is 6.10 Å². The number of hydrogen-bond acceptors (Lipinski definition) is 7. The van der Waals surface area contributed by atoms with Gasteiger partial charge in [0.2, 0.25) is 0 Å². The molecule has 2 heterocycles. The molecule has 1 amide bonds. The topological polar surface area (TPSA) is 89.9 Å². The Balaban J connectivity index is 1.47. The molecule has 1 fully saturated rings. The zero-order valence-electron chi connectivity index (χ0n) is 16.6. The highest BCUT2D eigenvalue weighted by Gasteiger charge is 2.19. The molecule has 1 atom stereocenters. The number of thiazole rings is 1. The van der Waals surface area contributed by atoms with Gasteiger partial charge < -0.3 is 24.3 Å². The van der Waals surface area contributed by atoms with Crippen molar-refractivity contribution in [3.8, 4) is 0 Å². The smallest absolute Gasteiger partial charge is 0.308 e. The summed E-state index contributed by atoms with van der Waals surface area (Å²) in [5, 5.41) is 4.50. The van der Waals surface area contributed by atoms with E-state index in [-0.39, 0.29) is 17.8 Å². The number of ether oxygens (including phenoxy) is 2. The molecule has 1 aliphatic rings. The van der Waals surface area contributed by atoms with E-state index in [1.807, 2.05) is 31.2 Å². The Morgan fingerprint density at radius 2 is 1.93 bits per heavy atom. The Labute approximate surface area is 173 Å². The molecule has 3 rings (SSSR count). The van der Waals surface area contributed by atoms with Crippen LogP contribution in [0.2, 0.25) is 0 Å². The van der Waals surface area contributed by atoms with Crippen molar-refractivity contribution in [2.24, 2.45) is 0 Å². The molecule has 29 heavy (non-hydrogen) atoms. The molecule has 1 aromatic carbocycles. The van der Waals surface area contributed by atoms with Crippen LogP contribution in [0.4, 0.5) is 11.4 Å². The van der Waals surface area contributed by atoms with Crippen LogP contribution in [0.25, 0.3) is 0 Å². The normalized spacial score (nSPS) is 15.0. The molecule has 1 aromatic heterocycles. The lowest BCUT2D eigenvalue weighted by Gasteiger charge is -2.28. The predicted octanol–water partition coefficient (Wildman–Crippen LogP) is 2.02. The number of aryl methyl sites for hydroxylation is 1. The first-order valence-electron chi connectivity index (χ1n) is 9.52. The first kappa shape index (κ1) is 21.1. The summed E-state index contributed by atoms with van der Waals surface area (Å²) in [6.07, 6.45) is -0.898. The third-order valence-electron chi connectivity index (χ3n) is 4.70. The largest absolute Gasteiger partial charge is 0.452 e. The van der Waals surface area contributed by atoms with Gasteiger partial charge in [-0.2, -0.15) is 0 Å². The number of benzene rings is 1. The number of amides is 1. The van der Waals surface area contributed by atoms with Gasteiger partial charge in [0.1, 0.15) is 0 Å². The molecule has 0 saturated carbocycles. The van der Waals surface area contributed by atoms with Crippen LogP contribution in [0.1, 0.15) is 19.0 Å². The average molecular weight is 420 g/mol. The van der Waals surface area contributed by atoms with E-state index in [1.165, 1.54) is 11.5 Å². The monoisotopic (exact) mass is 419 g/mol. The van der Waals surface area contributed by atoms with Crippen molar-refractivity contribution in [1.29, 1.82) is 0 Å². The van der Waals surface area contributed by atoms with Gasteiger partial charge in [0.05, 0.1) is 19.6 Å². The highest BCUT2D eigenvalue weighted by atomic mass is 32.1. The van der Waals surface area contributed by atoms with E-state index in [2.05, 4.69) is 10.2 Å². The van der Waals surface area contributed by atoms with Gasteiger partial charge in [-0.15, -0.1) is 0 Å². The minimum absolute atomic E-state index is 0.0311. The number of aromatic nitrogens is 1. The van der Waals surface area contributed by atoms with Crippen molar-refractivity contribution in [1.82, 2.24) is 4.57 Å². The molecule has 0 aliphatic carbocycles. The van der Waals surface area contributed by atoms with Crippen LogP contribution in [-0.4, -0.2) is 48.9 Å². The number of carbonyl (C=O) groups is 2. The fraction of sp³-hybridized carbons (Fsp3) is 0.450. The number of nitrogens with zero attached hydrogens (tertiary/aromatic N) is 2. The van der Waals surface area contributed by atoms with Crippen LogP contribution in [0.15, 0.2) is 34.4 Å². The lowest BCUT2D eigenvalue weighted by molar-refractivity contribution is -0.153. The molecule has 1 aliphatic heterocycles. The number of esters is 1. The maximum Gasteiger partial charge on any atom is 0.308 e. The van der Waals surface area contributed by atoms with Crippen LogP contribution >= 0.6 is 11.3 Å². The molecule has 1 N–H and O–H groups in total. The van der Waals surface area contributed by atoms with E-state index in [4.69, 9.17) is 9.47 Å². The number of anilines is 2. The maximum absolute atomic E-state index is 12.3. The van der Waals surface area contributed by atoms with Crippen molar-refractivity contribution in [2.45, 2.75) is 32.9 Å². The Kier molecular flexibility index (Phi) is 7.05. The Morgan fingerprint density at radius 3 is 2.55 bits per heavy atom. The predicted molar refractivity (Wildman–Crippen MR) is 112 cm³/mol. The summed E-state index contributed by atoms with van der Waals surface area (Å²) >= 11 is 1.09. The Morgan fingerprint density at radius 1 is 1.24 bits per heavy atom. The quantitative estimate of drug-likeness (QED) is 0.691. The van der Waals surface area contributed by atoms with Gasteiger partial charge in [0, 0.05) is 42.1 Å². The van der Waals surface area contributed by atoms with Crippen molar-refractivity contribution in [3.05, 3.63) is 45.0 Å². The summed E-state index contributed by atoms with van der Waals surface area (Å²) in [7, 11) is 0. The van der Waals surface area contributed by atoms with Crippen LogP contribution in [0.5, 0.6) is 0 Å². The summed E-state index contributed by atoms with van der Waals surface area (Å²) in [4.78, 5) is 38.1. The molecule has 2 aromatic rings. The number of rotatable bonds is 7. The Bertz CT molecular complexity index is 900. The molecule has 0 bridgehead atoms. The number of nitrogens with one attached hydrogen (secondary N) is 1. The van der Waals surface area contributed by atoms with Gasteiger partial charge in [0.25, 0.3) is 5.91 Å².